The van der Waals surface area contributed by atoms with E-state index in [1.807, 2.05) is 11.8 Å². The molecule has 1 fully saturated rings. The Balaban J connectivity index is 2.39. The van der Waals surface area contributed by atoms with Gasteiger partial charge in [0.1, 0.15) is 0 Å². The molecule has 1 aliphatic rings. The van der Waals surface area contributed by atoms with Gasteiger partial charge in [-0.3, -0.25) is 4.90 Å². The van der Waals surface area contributed by atoms with Crippen LogP contribution in [-0.4, -0.2) is 42.6 Å². The van der Waals surface area contributed by atoms with Crippen molar-refractivity contribution < 1.29 is 0 Å². The van der Waals surface area contributed by atoms with Crippen LogP contribution in [0.4, 0.5) is 0 Å². The van der Waals surface area contributed by atoms with Gasteiger partial charge >= 0.3 is 0 Å². The monoisotopic (exact) mass is 272 g/mol. The van der Waals surface area contributed by atoms with E-state index in [1.165, 1.54) is 44.3 Å². The van der Waals surface area contributed by atoms with Crippen molar-refractivity contribution in [2.24, 2.45) is 11.1 Å². The van der Waals surface area contributed by atoms with E-state index in [0.29, 0.717) is 11.5 Å². The second kappa shape index (κ2) is 7.76. The largest absolute Gasteiger partial charge is 0.329 e. The SMILES string of the molecule is CSCCCC(CN)N(C)C1CCC(C)(C)CC1. The van der Waals surface area contributed by atoms with Gasteiger partial charge in [0.15, 0.2) is 0 Å². The average Bonchev–Trinajstić information content (AvgIpc) is 2.34. The number of nitrogens with zero attached hydrogens (tertiary/aromatic N) is 1. The van der Waals surface area contributed by atoms with E-state index in [1.54, 1.807) is 0 Å². The predicted molar refractivity (Wildman–Crippen MR) is 84.3 cm³/mol. The molecule has 0 bridgehead atoms. The van der Waals surface area contributed by atoms with Crippen molar-refractivity contribution >= 4 is 11.8 Å². The zero-order valence-corrected chi connectivity index (χ0v) is 13.6. The Bertz CT molecular complexity index is 221. The molecule has 0 spiro atoms. The van der Waals surface area contributed by atoms with Crippen LogP contribution in [0.25, 0.3) is 0 Å². The molecule has 0 aromatic heterocycles. The number of thioether (sulfide) groups is 1. The first-order valence-electron chi connectivity index (χ1n) is 7.41. The van der Waals surface area contributed by atoms with Gasteiger partial charge in [-0.1, -0.05) is 13.8 Å². The molecule has 1 atom stereocenters. The van der Waals surface area contributed by atoms with Crippen LogP contribution in [0.3, 0.4) is 0 Å². The van der Waals surface area contributed by atoms with Crippen LogP contribution in [0.5, 0.6) is 0 Å². The molecule has 1 unspecified atom stereocenters. The first-order chi connectivity index (χ1) is 8.50. The molecule has 1 aliphatic carbocycles. The highest BCUT2D eigenvalue weighted by atomic mass is 32.2. The van der Waals surface area contributed by atoms with Crippen molar-refractivity contribution in [1.29, 1.82) is 0 Å². The summed E-state index contributed by atoms with van der Waals surface area (Å²) in [5.41, 5.74) is 6.53. The zero-order chi connectivity index (χ0) is 13.6. The molecule has 18 heavy (non-hydrogen) atoms. The zero-order valence-electron chi connectivity index (χ0n) is 12.7. The highest BCUT2D eigenvalue weighted by Crippen LogP contribution is 2.37. The highest BCUT2D eigenvalue weighted by Gasteiger charge is 2.30. The fourth-order valence-corrected chi connectivity index (χ4v) is 3.50. The van der Waals surface area contributed by atoms with E-state index in [2.05, 4.69) is 32.1 Å². The summed E-state index contributed by atoms with van der Waals surface area (Å²) in [6, 6.07) is 1.35. The number of rotatable bonds is 7. The van der Waals surface area contributed by atoms with Gasteiger partial charge in [-0.25, -0.2) is 0 Å². The van der Waals surface area contributed by atoms with Crippen molar-refractivity contribution in [3.05, 3.63) is 0 Å². The van der Waals surface area contributed by atoms with Crippen molar-refractivity contribution in [3.8, 4) is 0 Å². The molecule has 0 amide bonds. The topological polar surface area (TPSA) is 29.3 Å². The molecule has 0 aliphatic heterocycles. The van der Waals surface area contributed by atoms with E-state index in [-0.39, 0.29) is 0 Å². The third kappa shape index (κ3) is 5.10. The van der Waals surface area contributed by atoms with Crippen LogP contribution in [0.15, 0.2) is 0 Å². The molecule has 0 aromatic rings. The van der Waals surface area contributed by atoms with Gasteiger partial charge in [-0.2, -0.15) is 11.8 Å². The summed E-state index contributed by atoms with van der Waals surface area (Å²) in [5, 5.41) is 0. The quantitative estimate of drug-likeness (QED) is 0.721. The molecule has 2 N–H and O–H groups in total. The summed E-state index contributed by atoms with van der Waals surface area (Å²) in [6.45, 7) is 5.62. The van der Waals surface area contributed by atoms with E-state index >= 15 is 0 Å². The lowest BCUT2D eigenvalue weighted by Gasteiger charge is -2.41. The third-order valence-electron chi connectivity index (χ3n) is 4.62. The summed E-state index contributed by atoms with van der Waals surface area (Å²) < 4.78 is 0. The first-order valence-corrected chi connectivity index (χ1v) is 8.80. The Hall–Kier alpha value is 0.270. The van der Waals surface area contributed by atoms with Crippen LogP contribution in [-0.2, 0) is 0 Å². The highest BCUT2D eigenvalue weighted by molar-refractivity contribution is 7.98. The van der Waals surface area contributed by atoms with Crippen LogP contribution < -0.4 is 5.73 Å². The molecule has 0 radical (unpaired) electrons. The molecule has 0 aromatic carbocycles. The van der Waals surface area contributed by atoms with Crippen LogP contribution in [0.1, 0.15) is 52.4 Å². The fourth-order valence-electron chi connectivity index (χ4n) is 3.04. The van der Waals surface area contributed by atoms with Crippen molar-refractivity contribution in [1.82, 2.24) is 4.90 Å². The van der Waals surface area contributed by atoms with Crippen LogP contribution in [0.2, 0.25) is 0 Å². The normalized spacial score (nSPS) is 22.3. The number of hydrogen-bond acceptors (Lipinski definition) is 3. The van der Waals surface area contributed by atoms with Gasteiger partial charge in [-0.15, -0.1) is 0 Å². The maximum atomic E-state index is 5.97. The molecule has 0 saturated heterocycles. The van der Waals surface area contributed by atoms with Crippen LogP contribution in [0, 0.1) is 5.41 Å². The lowest BCUT2D eigenvalue weighted by molar-refractivity contribution is 0.0931. The molecular weight excluding hydrogens is 240 g/mol. The van der Waals surface area contributed by atoms with Gasteiger partial charge in [0.05, 0.1) is 0 Å². The van der Waals surface area contributed by atoms with Gasteiger partial charge in [0.25, 0.3) is 0 Å². The maximum Gasteiger partial charge on any atom is 0.0218 e. The van der Waals surface area contributed by atoms with E-state index in [9.17, 15) is 0 Å². The number of nitrogens with two attached hydrogens (primary N) is 1. The van der Waals surface area contributed by atoms with E-state index in [0.717, 1.165) is 12.6 Å². The van der Waals surface area contributed by atoms with Crippen molar-refractivity contribution in [2.75, 3.05) is 25.6 Å². The lowest BCUT2D eigenvalue weighted by atomic mass is 9.75. The van der Waals surface area contributed by atoms with E-state index in [4.69, 9.17) is 5.73 Å². The predicted octanol–water partition coefficient (Wildman–Crippen LogP) is 3.36. The second-order valence-corrected chi connectivity index (χ2v) is 7.57. The third-order valence-corrected chi connectivity index (χ3v) is 5.32. The Morgan fingerprint density at radius 1 is 1.33 bits per heavy atom. The van der Waals surface area contributed by atoms with E-state index < -0.39 is 0 Å². The molecule has 108 valence electrons. The lowest BCUT2D eigenvalue weighted by Crippen LogP contribution is -2.46. The summed E-state index contributed by atoms with van der Waals surface area (Å²) in [6.07, 6.45) is 10.2. The minimum Gasteiger partial charge on any atom is -0.329 e. The van der Waals surface area contributed by atoms with Gasteiger partial charge in [-0.05, 0) is 63.0 Å². The summed E-state index contributed by atoms with van der Waals surface area (Å²) in [5.74, 6) is 1.27. The average molecular weight is 273 g/mol. The Morgan fingerprint density at radius 3 is 2.44 bits per heavy atom. The Labute approximate surface area is 118 Å². The fraction of sp³-hybridized carbons (Fsp3) is 1.00. The smallest absolute Gasteiger partial charge is 0.0218 e. The molecule has 3 heteroatoms. The van der Waals surface area contributed by atoms with Crippen molar-refractivity contribution in [2.45, 2.75) is 64.5 Å². The van der Waals surface area contributed by atoms with Gasteiger partial charge in [0, 0.05) is 18.6 Å². The minimum atomic E-state index is 0.564. The Morgan fingerprint density at radius 2 is 1.94 bits per heavy atom. The maximum absolute atomic E-state index is 5.97. The van der Waals surface area contributed by atoms with Crippen LogP contribution >= 0.6 is 11.8 Å². The Kier molecular flexibility index (Phi) is 7.04. The standard InChI is InChI=1S/C15H32N2S/c1-15(2)9-7-13(8-10-15)17(3)14(12-16)6-5-11-18-4/h13-14H,5-12,16H2,1-4H3. The second-order valence-electron chi connectivity index (χ2n) is 6.59. The summed E-state index contributed by atoms with van der Waals surface area (Å²) >= 11 is 1.94. The first kappa shape index (κ1) is 16.3. The van der Waals surface area contributed by atoms with Crippen molar-refractivity contribution in [3.63, 3.8) is 0 Å². The molecular formula is C15H32N2S. The molecule has 1 saturated carbocycles. The number of hydrogen-bond donors (Lipinski definition) is 1. The summed E-state index contributed by atoms with van der Waals surface area (Å²) in [4.78, 5) is 2.58. The van der Waals surface area contributed by atoms with Gasteiger partial charge in [0.2, 0.25) is 0 Å². The molecule has 0 heterocycles. The summed E-state index contributed by atoms with van der Waals surface area (Å²) in [7, 11) is 2.29. The van der Waals surface area contributed by atoms with Gasteiger partial charge < -0.3 is 5.73 Å². The molecule has 2 nitrogen and oxygen atoms in total. The minimum absolute atomic E-state index is 0.564. The number of likely N-dealkylation sites (N-methyl/N-ethyl adjacent to an activating group) is 1. The molecule has 1 rings (SSSR count).